The number of hydrogen-bond acceptors (Lipinski definition) is 2. The van der Waals surface area contributed by atoms with E-state index < -0.39 is 15.3 Å². The van der Waals surface area contributed by atoms with Gasteiger partial charge in [0.15, 0.2) is 0 Å². The molecular weight excluding hydrogens is 147 g/mol. The topological polar surface area (TPSA) is 40.5 Å². The third kappa shape index (κ3) is 12.5. The van der Waals surface area contributed by atoms with E-state index in [1.165, 1.54) is 0 Å². The summed E-state index contributed by atoms with van der Waals surface area (Å²) in [6, 6.07) is 0. The molecule has 0 spiro atoms. The van der Waals surface area contributed by atoms with E-state index in [1.54, 1.807) is 0 Å². The third-order valence-electron chi connectivity index (χ3n) is 0. The van der Waals surface area contributed by atoms with Crippen molar-refractivity contribution in [2.75, 3.05) is 0 Å². The molecular formula is H2CoFeO2. The Balaban J connectivity index is 0. The summed E-state index contributed by atoms with van der Waals surface area (Å²) in [6.45, 7) is 0. The fraction of sp³-hybridized carbons (Fsp3) is 0. The average Bonchev–Trinajstić information content (AvgIpc) is 0.918. The third-order valence-corrected chi connectivity index (χ3v) is 0. The van der Waals surface area contributed by atoms with Crippen molar-refractivity contribution in [3.05, 3.63) is 0 Å². The Morgan fingerprint density at radius 1 is 1.25 bits per heavy atom. The molecule has 2 N–H and O–H groups in total. The van der Waals surface area contributed by atoms with Crippen LogP contribution in [0, 0.1) is 0 Å². The van der Waals surface area contributed by atoms with E-state index in [2.05, 4.69) is 0 Å². The van der Waals surface area contributed by atoms with Gasteiger partial charge in [-0.1, -0.05) is 0 Å². The average molecular weight is 149 g/mol. The molecule has 0 saturated carbocycles. The molecule has 0 fully saturated rings. The molecule has 0 aliphatic rings. The Kier molecular flexibility index (Phi) is 20.1. The minimum absolute atomic E-state index is 0. The van der Waals surface area contributed by atoms with E-state index in [1.807, 2.05) is 0 Å². The van der Waals surface area contributed by atoms with Gasteiger partial charge >= 0.3 is 23.8 Å². The molecule has 0 amide bonds. The van der Waals surface area contributed by atoms with E-state index in [4.69, 9.17) is 8.44 Å². The SMILES string of the molecule is [Fe].[OH][Co][OH]. The molecule has 4 heteroatoms. The van der Waals surface area contributed by atoms with E-state index in [0.29, 0.717) is 0 Å². The fourth-order valence-corrected chi connectivity index (χ4v) is 0. The van der Waals surface area contributed by atoms with Crippen molar-refractivity contribution >= 4 is 0 Å². The van der Waals surface area contributed by atoms with Crippen LogP contribution in [-0.4, -0.2) is 8.44 Å². The van der Waals surface area contributed by atoms with Gasteiger partial charge in [-0.2, -0.15) is 0 Å². The van der Waals surface area contributed by atoms with Crippen LogP contribution in [0.15, 0.2) is 0 Å². The second-order valence-electron chi connectivity index (χ2n) is 0.0667. The van der Waals surface area contributed by atoms with Crippen molar-refractivity contribution in [2.45, 2.75) is 0 Å². The van der Waals surface area contributed by atoms with Crippen molar-refractivity contribution in [1.82, 2.24) is 0 Å². The van der Waals surface area contributed by atoms with Gasteiger partial charge in [-0.3, -0.25) is 0 Å². The van der Waals surface area contributed by atoms with Gasteiger partial charge < -0.3 is 0 Å². The molecule has 0 aliphatic heterocycles. The molecule has 31 valence electrons. The van der Waals surface area contributed by atoms with Crippen molar-refractivity contribution in [3.8, 4) is 0 Å². The van der Waals surface area contributed by atoms with Gasteiger partial charge in [0.1, 0.15) is 0 Å². The van der Waals surface area contributed by atoms with Crippen molar-refractivity contribution in [2.24, 2.45) is 0 Å². The second kappa shape index (κ2) is 9.04. The van der Waals surface area contributed by atoms with E-state index >= 15 is 0 Å². The fourth-order valence-electron chi connectivity index (χ4n) is 0. The summed E-state index contributed by atoms with van der Waals surface area (Å²) < 4.78 is 14.2. The molecule has 0 bridgehead atoms. The molecule has 0 aromatic carbocycles. The molecule has 0 saturated heterocycles. The predicted molar refractivity (Wildman–Crippen MR) is 4.44 cm³/mol. The molecule has 0 radical (unpaired) electrons. The van der Waals surface area contributed by atoms with Crippen LogP contribution < -0.4 is 0 Å². The van der Waals surface area contributed by atoms with Crippen LogP contribution in [0.4, 0.5) is 0 Å². The Labute approximate surface area is 41.3 Å². The Morgan fingerprint density at radius 3 is 1.25 bits per heavy atom. The van der Waals surface area contributed by atoms with E-state index in [-0.39, 0.29) is 17.1 Å². The molecule has 0 aromatic heterocycles. The maximum absolute atomic E-state index is 7.09. The first-order valence-electron chi connectivity index (χ1n) is 0.298. The summed E-state index contributed by atoms with van der Waals surface area (Å²) in [5.41, 5.74) is 0. The quantitative estimate of drug-likeness (QED) is 0.428. The first kappa shape index (κ1) is 8.87. The molecule has 4 heavy (non-hydrogen) atoms. The van der Waals surface area contributed by atoms with E-state index in [9.17, 15) is 0 Å². The van der Waals surface area contributed by atoms with Crippen LogP contribution >= 0.6 is 0 Å². The summed E-state index contributed by atoms with van der Waals surface area (Å²) in [6.07, 6.45) is 0. The first-order valence-corrected chi connectivity index (χ1v) is 1.23. The van der Waals surface area contributed by atoms with Gasteiger partial charge in [-0.15, -0.1) is 0 Å². The Bertz CT molecular complexity index is 6.00. The van der Waals surface area contributed by atoms with Gasteiger partial charge in [0.2, 0.25) is 0 Å². The van der Waals surface area contributed by atoms with Crippen molar-refractivity contribution in [1.29, 1.82) is 0 Å². The van der Waals surface area contributed by atoms with Crippen LogP contribution in [0.3, 0.4) is 0 Å². The number of rotatable bonds is 0. The first-order chi connectivity index (χ1) is 1.41. The summed E-state index contributed by atoms with van der Waals surface area (Å²) in [7, 11) is 0. The van der Waals surface area contributed by atoms with Gasteiger partial charge in [-0.25, -0.2) is 0 Å². The summed E-state index contributed by atoms with van der Waals surface area (Å²) in [5, 5.41) is 0. The van der Waals surface area contributed by atoms with Crippen LogP contribution in [0.5, 0.6) is 0 Å². The van der Waals surface area contributed by atoms with Gasteiger partial charge in [0.05, 0.1) is 0 Å². The van der Waals surface area contributed by atoms with Crippen molar-refractivity contribution in [3.63, 3.8) is 0 Å². The minimum atomic E-state index is -0.562. The van der Waals surface area contributed by atoms with Crippen LogP contribution in [0.25, 0.3) is 0 Å². The second-order valence-corrected chi connectivity index (χ2v) is 0.275. The van der Waals surface area contributed by atoms with Gasteiger partial charge in [-0.05, 0) is 0 Å². The molecule has 2 nitrogen and oxygen atoms in total. The summed E-state index contributed by atoms with van der Waals surface area (Å²) >= 11 is -0.562. The predicted octanol–water partition coefficient (Wildman–Crippen LogP) is -1.12. The molecule has 0 aliphatic carbocycles. The molecule has 0 heterocycles. The normalized spacial score (nSPS) is 5.50. The van der Waals surface area contributed by atoms with Gasteiger partial charge in [0.25, 0.3) is 0 Å². The monoisotopic (exact) mass is 149 g/mol. The van der Waals surface area contributed by atoms with Crippen LogP contribution in [-0.2, 0) is 32.4 Å². The molecule has 0 rings (SSSR count). The van der Waals surface area contributed by atoms with Gasteiger partial charge in [0, 0.05) is 17.1 Å². The standard InChI is InChI=1S/Co.Fe.2H2O/h;;2*1H2/q+2;;;/p-2. The zero-order valence-electron chi connectivity index (χ0n) is 1.58. The number of hydrogen-bond donors (Lipinski definition) is 2. The maximum atomic E-state index is 7.09. The van der Waals surface area contributed by atoms with E-state index in [0.717, 1.165) is 0 Å². The van der Waals surface area contributed by atoms with Crippen LogP contribution in [0.2, 0.25) is 0 Å². The summed E-state index contributed by atoms with van der Waals surface area (Å²) in [4.78, 5) is 0. The molecule has 0 aromatic rings. The van der Waals surface area contributed by atoms with Crippen LogP contribution in [0.1, 0.15) is 0 Å². The Morgan fingerprint density at radius 2 is 1.25 bits per heavy atom. The zero-order valence-corrected chi connectivity index (χ0v) is 3.73. The molecule has 0 atom stereocenters. The Hall–Kier alpha value is 0.946. The molecule has 0 unspecified atom stereocenters. The van der Waals surface area contributed by atoms with Crippen molar-refractivity contribution < 1.29 is 40.9 Å². The summed E-state index contributed by atoms with van der Waals surface area (Å²) in [5.74, 6) is 0. The zero-order chi connectivity index (χ0) is 2.71.